The Labute approximate surface area is 116 Å². The van der Waals surface area contributed by atoms with E-state index in [1.807, 2.05) is 0 Å². The van der Waals surface area contributed by atoms with Crippen LogP contribution in [0.5, 0.6) is 0 Å². The molecule has 0 radical (unpaired) electrons. The smallest absolute Gasteiger partial charge is 0.00392 e. The van der Waals surface area contributed by atoms with E-state index in [2.05, 4.69) is 29.6 Å². The molecule has 3 N–H and O–H groups in total. The zero-order valence-electron chi connectivity index (χ0n) is 11.8. The van der Waals surface area contributed by atoms with E-state index in [0.717, 1.165) is 18.4 Å². The van der Waals surface area contributed by atoms with E-state index in [9.17, 15) is 0 Å². The van der Waals surface area contributed by atoms with E-state index in [0.29, 0.717) is 6.04 Å². The second-order valence-corrected chi connectivity index (χ2v) is 6.33. The summed E-state index contributed by atoms with van der Waals surface area (Å²) < 4.78 is 0. The van der Waals surface area contributed by atoms with Crippen LogP contribution in [0.4, 0.5) is 0 Å². The van der Waals surface area contributed by atoms with E-state index in [1.165, 1.54) is 45.1 Å². The molecule has 0 amide bonds. The molecule has 1 saturated carbocycles. The largest absolute Gasteiger partial charge is 0.328 e. The van der Waals surface area contributed by atoms with Gasteiger partial charge in [0, 0.05) is 12.6 Å². The van der Waals surface area contributed by atoms with Crippen LogP contribution in [0.2, 0.25) is 0 Å². The van der Waals surface area contributed by atoms with E-state index in [4.69, 9.17) is 5.73 Å². The highest BCUT2D eigenvalue weighted by atomic mass is 14.9. The van der Waals surface area contributed by atoms with Crippen molar-refractivity contribution in [1.29, 1.82) is 0 Å². The van der Waals surface area contributed by atoms with Gasteiger partial charge >= 0.3 is 0 Å². The quantitative estimate of drug-likeness (QED) is 0.855. The summed E-state index contributed by atoms with van der Waals surface area (Å²) in [4.78, 5) is 0. The summed E-state index contributed by atoms with van der Waals surface area (Å²) in [6.07, 6.45) is 7.58. The molecule has 1 saturated heterocycles. The van der Waals surface area contributed by atoms with Crippen molar-refractivity contribution < 1.29 is 0 Å². The second kappa shape index (κ2) is 6.06. The number of rotatable bonds is 2. The van der Waals surface area contributed by atoms with Crippen molar-refractivity contribution in [3.05, 3.63) is 35.4 Å². The number of piperidine rings is 1. The fraction of sp³-hybridized carbons (Fsp3) is 0.647. The van der Waals surface area contributed by atoms with Crippen molar-refractivity contribution in [1.82, 2.24) is 5.32 Å². The Morgan fingerprint density at radius 1 is 0.947 bits per heavy atom. The molecule has 1 aliphatic heterocycles. The van der Waals surface area contributed by atoms with Gasteiger partial charge in [0.2, 0.25) is 0 Å². The molecular weight excluding hydrogens is 232 g/mol. The number of hydrogen-bond acceptors (Lipinski definition) is 2. The van der Waals surface area contributed by atoms with Crippen LogP contribution in [-0.4, -0.2) is 19.1 Å². The predicted octanol–water partition coefficient (Wildman–Crippen LogP) is 3.14. The highest BCUT2D eigenvalue weighted by molar-refractivity contribution is 5.29. The van der Waals surface area contributed by atoms with Crippen LogP contribution in [0.25, 0.3) is 0 Å². The van der Waals surface area contributed by atoms with E-state index >= 15 is 0 Å². The van der Waals surface area contributed by atoms with Gasteiger partial charge in [-0.1, -0.05) is 24.3 Å². The van der Waals surface area contributed by atoms with Gasteiger partial charge in [-0.2, -0.15) is 0 Å². The third-order valence-corrected chi connectivity index (χ3v) is 4.92. The Balaban J connectivity index is 1.72. The molecule has 2 heteroatoms. The normalized spacial score (nSPS) is 32.2. The summed E-state index contributed by atoms with van der Waals surface area (Å²) in [5.74, 6) is 1.47. The minimum Gasteiger partial charge on any atom is -0.328 e. The Kier molecular flexibility index (Phi) is 4.19. The highest BCUT2D eigenvalue weighted by Gasteiger charge is 2.21. The van der Waals surface area contributed by atoms with Crippen LogP contribution < -0.4 is 11.1 Å². The van der Waals surface area contributed by atoms with Gasteiger partial charge < -0.3 is 11.1 Å². The number of hydrogen-bond donors (Lipinski definition) is 2. The second-order valence-electron chi connectivity index (χ2n) is 6.33. The molecule has 19 heavy (non-hydrogen) atoms. The third-order valence-electron chi connectivity index (χ3n) is 4.92. The van der Waals surface area contributed by atoms with Gasteiger partial charge in [0.05, 0.1) is 0 Å². The first kappa shape index (κ1) is 13.1. The molecule has 0 aromatic heterocycles. The zero-order chi connectivity index (χ0) is 13.1. The van der Waals surface area contributed by atoms with Crippen LogP contribution in [-0.2, 0) is 0 Å². The average molecular weight is 258 g/mol. The molecule has 1 aromatic carbocycles. The van der Waals surface area contributed by atoms with Gasteiger partial charge in [0.25, 0.3) is 0 Å². The minimum atomic E-state index is 0.446. The molecule has 2 aliphatic rings. The lowest BCUT2D eigenvalue weighted by Gasteiger charge is -2.28. The molecular formula is C17H26N2. The highest BCUT2D eigenvalue weighted by Crippen LogP contribution is 2.34. The van der Waals surface area contributed by atoms with Crippen LogP contribution >= 0.6 is 0 Å². The van der Waals surface area contributed by atoms with Crippen molar-refractivity contribution in [2.24, 2.45) is 5.73 Å². The third kappa shape index (κ3) is 3.18. The summed E-state index contributed by atoms with van der Waals surface area (Å²) in [5.41, 5.74) is 9.11. The summed E-state index contributed by atoms with van der Waals surface area (Å²) in [6, 6.07) is 9.81. The molecule has 0 spiro atoms. The molecule has 1 aliphatic carbocycles. The molecule has 0 bridgehead atoms. The number of benzene rings is 1. The first-order valence-corrected chi connectivity index (χ1v) is 7.89. The van der Waals surface area contributed by atoms with Gasteiger partial charge in [-0.25, -0.2) is 0 Å². The molecule has 1 heterocycles. The van der Waals surface area contributed by atoms with E-state index in [-0.39, 0.29) is 0 Å². The number of nitrogens with one attached hydrogen (secondary N) is 1. The average Bonchev–Trinajstić information content (AvgIpc) is 2.49. The fourth-order valence-electron chi connectivity index (χ4n) is 3.66. The standard InChI is InChI=1S/C17H26N2/c18-17-8-6-13(7-9-17)14-3-1-4-15(11-14)16-5-2-10-19-12-16/h1,3-4,11,13,16-17,19H,2,5-10,12,18H2. The van der Waals surface area contributed by atoms with Crippen molar-refractivity contribution >= 4 is 0 Å². The summed E-state index contributed by atoms with van der Waals surface area (Å²) in [7, 11) is 0. The maximum atomic E-state index is 6.01. The molecule has 1 atom stereocenters. The maximum Gasteiger partial charge on any atom is 0.00392 e. The van der Waals surface area contributed by atoms with Crippen molar-refractivity contribution in [3.63, 3.8) is 0 Å². The summed E-state index contributed by atoms with van der Waals surface area (Å²) >= 11 is 0. The SMILES string of the molecule is NC1CCC(c2cccc(C3CCCNC3)c2)CC1. The number of nitrogens with two attached hydrogens (primary N) is 1. The Hall–Kier alpha value is -0.860. The van der Waals surface area contributed by atoms with Crippen LogP contribution in [0, 0.1) is 0 Å². The van der Waals surface area contributed by atoms with Crippen molar-refractivity contribution in [3.8, 4) is 0 Å². The lowest BCUT2D eigenvalue weighted by atomic mass is 9.80. The maximum absolute atomic E-state index is 6.01. The van der Waals surface area contributed by atoms with Gasteiger partial charge in [-0.15, -0.1) is 0 Å². The molecule has 3 rings (SSSR count). The van der Waals surface area contributed by atoms with Gasteiger partial charge in [0.1, 0.15) is 0 Å². The van der Waals surface area contributed by atoms with Gasteiger partial charge in [0.15, 0.2) is 0 Å². The van der Waals surface area contributed by atoms with E-state index in [1.54, 1.807) is 11.1 Å². The van der Waals surface area contributed by atoms with Crippen LogP contribution in [0.3, 0.4) is 0 Å². The molecule has 104 valence electrons. The lowest BCUT2D eigenvalue weighted by molar-refractivity contribution is 0.395. The fourth-order valence-corrected chi connectivity index (χ4v) is 3.66. The first-order valence-electron chi connectivity index (χ1n) is 7.89. The minimum absolute atomic E-state index is 0.446. The van der Waals surface area contributed by atoms with Crippen LogP contribution in [0.1, 0.15) is 61.5 Å². The zero-order valence-corrected chi connectivity index (χ0v) is 11.8. The monoisotopic (exact) mass is 258 g/mol. The Morgan fingerprint density at radius 3 is 2.37 bits per heavy atom. The van der Waals surface area contributed by atoms with E-state index < -0.39 is 0 Å². The predicted molar refractivity (Wildman–Crippen MR) is 80.5 cm³/mol. The topological polar surface area (TPSA) is 38.0 Å². The molecule has 1 aromatic rings. The van der Waals surface area contributed by atoms with Gasteiger partial charge in [-0.3, -0.25) is 0 Å². The first-order chi connectivity index (χ1) is 9.33. The molecule has 2 fully saturated rings. The van der Waals surface area contributed by atoms with Gasteiger partial charge in [-0.05, 0) is 68.0 Å². The molecule has 2 nitrogen and oxygen atoms in total. The van der Waals surface area contributed by atoms with Crippen molar-refractivity contribution in [2.75, 3.05) is 13.1 Å². The van der Waals surface area contributed by atoms with Crippen LogP contribution in [0.15, 0.2) is 24.3 Å². The lowest BCUT2D eigenvalue weighted by Crippen LogP contribution is -2.28. The van der Waals surface area contributed by atoms with Crippen molar-refractivity contribution in [2.45, 2.75) is 56.4 Å². The molecule has 1 unspecified atom stereocenters. The Morgan fingerprint density at radius 2 is 1.68 bits per heavy atom. The Bertz CT molecular complexity index is 401. The summed E-state index contributed by atoms with van der Waals surface area (Å²) in [5, 5.41) is 3.52. The summed E-state index contributed by atoms with van der Waals surface area (Å²) in [6.45, 7) is 2.34.